The quantitative estimate of drug-likeness (QED) is 0.616. The number of sulfonamides is 1. The van der Waals surface area contributed by atoms with Crippen molar-refractivity contribution in [3.05, 3.63) is 63.1 Å². The number of rotatable bonds is 7. The van der Waals surface area contributed by atoms with Gasteiger partial charge in [-0.25, -0.2) is 8.42 Å². The van der Waals surface area contributed by atoms with Crippen LogP contribution in [0, 0.1) is 6.92 Å². The number of nitrogens with zero attached hydrogens (tertiary/aromatic N) is 2. The maximum absolute atomic E-state index is 13.4. The number of halogens is 2. The van der Waals surface area contributed by atoms with Gasteiger partial charge in [-0.15, -0.1) is 0 Å². The first kappa shape index (κ1) is 25.0. The summed E-state index contributed by atoms with van der Waals surface area (Å²) in [7, 11) is -3.75. The lowest BCUT2D eigenvalue weighted by Gasteiger charge is -2.43. The second kappa shape index (κ2) is 10.1. The summed E-state index contributed by atoms with van der Waals surface area (Å²) in [4.78, 5) is 13.5. The maximum atomic E-state index is 13.4. The van der Waals surface area contributed by atoms with Crippen molar-refractivity contribution in [2.24, 2.45) is 0 Å². The number of carboxylic acid groups (broad SMARTS) is 1. The van der Waals surface area contributed by atoms with E-state index in [1.807, 2.05) is 26.0 Å². The Morgan fingerprint density at radius 2 is 1.72 bits per heavy atom. The zero-order chi connectivity index (χ0) is 23.6. The topological polar surface area (TPSA) is 77.9 Å². The molecule has 1 fully saturated rings. The van der Waals surface area contributed by atoms with Crippen LogP contribution in [-0.4, -0.2) is 60.4 Å². The van der Waals surface area contributed by atoms with E-state index >= 15 is 0 Å². The standard InChI is InChI=1S/C23H28Cl2N2O4S/c1-15-4-6-20(11-19(15)12-23(28)29)32(30,31)27-16(2)13-26(14-17(27)3)9-8-18-5-7-21(24)22(25)10-18/h4-7,10-11,16-17H,8-9,12-14H2,1-3H3,(H,28,29). The first-order chi connectivity index (χ1) is 15.0. The summed E-state index contributed by atoms with van der Waals surface area (Å²) >= 11 is 12.1. The molecule has 1 aliphatic heterocycles. The molecule has 1 N–H and O–H groups in total. The van der Waals surface area contributed by atoms with Crippen molar-refractivity contribution >= 4 is 39.2 Å². The number of benzene rings is 2. The summed E-state index contributed by atoms with van der Waals surface area (Å²) in [5, 5.41) is 10.2. The molecule has 0 amide bonds. The predicted octanol–water partition coefficient (Wildman–Crippen LogP) is 4.25. The Balaban J connectivity index is 1.73. The molecule has 1 saturated heterocycles. The van der Waals surface area contributed by atoms with Gasteiger partial charge in [-0.2, -0.15) is 4.31 Å². The number of hydrogen-bond donors (Lipinski definition) is 1. The smallest absolute Gasteiger partial charge is 0.307 e. The van der Waals surface area contributed by atoms with Gasteiger partial charge in [0.1, 0.15) is 0 Å². The van der Waals surface area contributed by atoms with Crippen LogP contribution in [0.1, 0.15) is 30.5 Å². The van der Waals surface area contributed by atoms with E-state index in [0.717, 1.165) is 24.1 Å². The average molecular weight is 499 g/mol. The van der Waals surface area contributed by atoms with Gasteiger partial charge >= 0.3 is 5.97 Å². The third-order valence-corrected chi connectivity index (χ3v) is 8.72. The van der Waals surface area contributed by atoms with Gasteiger partial charge in [0.2, 0.25) is 10.0 Å². The lowest BCUT2D eigenvalue weighted by Crippen LogP contribution is -2.58. The second-order valence-corrected chi connectivity index (χ2v) is 11.1. The van der Waals surface area contributed by atoms with Gasteiger partial charge < -0.3 is 5.11 Å². The Bertz CT molecular complexity index is 1100. The average Bonchev–Trinajstić information content (AvgIpc) is 2.69. The Morgan fingerprint density at radius 3 is 2.31 bits per heavy atom. The Hall–Kier alpha value is -1.64. The van der Waals surface area contributed by atoms with Crippen LogP contribution < -0.4 is 0 Å². The first-order valence-corrected chi connectivity index (χ1v) is 12.7. The van der Waals surface area contributed by atoms with Crippen molar-refractivity contribution in [1.29, 1.82) is 0 Å². The van der Waals surface area contributed by atoms with Gasteiger partial charge in [0.05, 0.1) is 21.4 Å². The molecule has 174 valence electrons. The lowest BCUT2D eigenvalue weighted by atomic mass is 10.1. The maximum Gasteiger partial charge on any atom is 0.307 e. The summed E-state index contributed by atoms with van der Waals surface area (Å²) in [6.07, 6.45) is 0.586. The van der Waals surface area contributed by atoms with Crippen molar-refractivity contribution < 1.29 is 18.3 Å². The van der Waals surface area contributed by atoms with Crippen molar-refractivity contribution in [3.63, 3.8) is 0 Å². The Morgan fingerprint density at radius 1 is 1.06 bits per heavy atom. The van der Waals surface area contributed by atoms with E-state index in [1.165, 1.54) is 6.07 Å². The molecule has 6 nitrogen and oxygen atoms in total. The lowest BCUT2D eigenvalue weighted by molar-refractivity contribution is -0.136. The largest absolute Gasteiger partial charge is 0.481 e. The molecule has 0 radical (unpaired) electrons. The highest BCUT2D eigenvalue weighted by Gasteiger charge is 2.38. The van der Waals surface area contributed by atoms with Crippen molar-refractivity contribution in [2.75, 3.05) is 19.6 Å². The molecule has 2 aromatic rings. The fourth-order valence-corrected chi connectivity index (χ4v) is 6.52. The van der Waals surface area contributed by atoms with Crippen LogP contribution in [0.25, 0.3) is 0 Å². The van der Waals surface area contributed by atoms with Crippen molar-refractivity contribution in [3.8, 4) is 0 Å². The second-order valence-electron chi connectivity index (χ2n) is 8.45. The summed E-state index contributed by atoms with van der Waals surface area (Å²) < 4.78 is 28.4. The SMILES string of the molecule is Cc1ccc(S(=O)(=O)N2C(C)CN(CCc3ccc(Cl)c(Cl)c3)CC2C)cc1CC(=O)O. The molecule has 2 atom stereocenters. The molecule has 0 aromatic heterocycles. The van der Waals surface area contributed by atoms with Gasteiger partial charge in [0.15, 0.2) is 0 Å². The fraction of sp³-hybridized carbons (Fsp3) is 0.435. The summed E-state index contributed by atoms with van der Waals surface area (Å²) in [6.45, 7) is 7.61. The van der Waals surface area contributed by atoms with Gasteiger partial charge in [-0.05, 0) is 68.1 Å². The minimum atomic E-state index is -3.75. The van der Waals surface area contributed by atoms with Crippen LogP contribution in [0.3, 0.4) is 0 Å². The number of hydrogen-bond acceptors (Lipinski definition) is 4. The van der Waals surface area contributed by atoms with Crippen LogP contribution in [0.5, 0.6) is 0 Å². The summed E-state index contributed by atoms with van der Waals surface area (Å²) in [5.74, 6) is -0.986. The molecule has 0 saturated carbocycles. The Labute approximate surface area is 199 Å². The van der Waals surface area contributed by atoms with E-state index in [0.29, 0.717) is 28.7 Å². The third-order valence-electron chi connectivity index (χ3n) is 5.85. The van der Waals surface area contributed by atoms with Gasteiger partial charge in [0, 0.05) is 31.7 Å². The highest BCUT2D eigenvalue weighted by molar-refractivity contribution is 7.89. The molecule has 9 heteroatoms. The molecule has 0 bridgehead atoms. The minimum absolute atomic E-state index is 0.141. The molecular formula is C23H28Cl2N2O4S. The van der Waals surface area contributed by atoms with Gasteiger partial charge in [-0.3, -0.25) is 9.69 Å². The molecule has 1 aliphatic rings. The van der Waals surface area contributed by atoms with Gasteiger partial charge in [0.25, 0.3) is 0 Å². The number of aliphatic carboxylic acids is 1. The number of aryl methyl sites for hydroxylation is 1. The molecule has 2 unspecified atom stereocenters. The summed E-state index contributed by atoms with van der Waals surface area (Å²) in [6, 6.07) is 9.89. The Kier molecular flexibility index (Phi) is 7.89. The molecule has 2 aromatic carbocycles. The van der Waals surface area contributed by atoms with E-state index in [-0.39, 0.29) is 23.4 Å². The number of carbonyl (C=O) groups is 1. The minimum Gasteiger partial charge on any atom is -0.481 e. The van der Waals surface area contributed by atoms with Crippen LogP contribution in [0.15, 0.2) is 41.3 Å². The summed E-state index contributed by atoms with van der Waals surface area (Å²) in [5.41, 5.74) is 2.36. The zero-order valence-corrected chi connectivity index (χ0v) is 20.7. The van der Waals surface area contributed by atoms with Crippen LogP contribution >= 0.6 is 23.2 Å². The van der Waals surface area contributed by atoms with E-state index < -0.39 is 16.0 Å². The van der Waals surface area contributed by atoms with Crippen molar-refractivity contribution in [2.45, 2.75) is 50.6 Å². The normalized spacial score (nSPS) is 20.4. The van der Waals surface area contributed by atoms with E-state index in [9.17, 15) is 13.2 Å². The molecule has 32 heavy (non-hydrogen) atoms. The molecule has 1 heterocycles. The van der Waals surface area contributed by atoms with Crippen molar-refractivity contribution in [1.82, 2.24) is 9.21 Å². The molecule has 3 rings (SSSR count). The van der Waals surface area contributed by atoms with E-state index in [2.05, 4.69) is 4.90 Å². The predicted molar refractivity (Wildman–Crippen MR) is 127 cm³/mol. The molecule has 0 spiro atoms. The number of carboxylic acids is 1. The van der Waals surface area contributed by atoms with E-state index in [1.54, 1.807) is 29.4 Å². The third kappa shape index (κ3) is 5.64. The van der Waals surface area contributed by atoms with E-state index in [4.69, 9.17) is 28.3 Å². The monoisotopic (exact) mass is 498 g/mol. The zero-order valence-electron chi connectivity index (χ0n) is 18.4. The molecule has 0 aliphatic carbocycles. The van der Waals surface area contributed by atoms with Crippen LogP contribution in [-0.2, 0) is 27.7 Å². The van der Waals surface area contributed by atoms with Crippen LogP contribution in [0.2, 0.25) is 10.0 Å². The van der Waals surface area contributed by atoms with Crippen LogP contribution in [0.4, 0.5) is 0 Å². The van der Waals surface area contributed by atoms with Gasteiger partial charge in [-0.1, -0.05) is 35.3 Å². The highest BCUT2D eigenvalue weighted by Crippen LogP contribution is 2.28. The fourth-order valence-electron chi connectivity index (χ4n) is 4.34. The highest BCUT2D eigenvalue weighted by atomic mass is 35.5. The number of piperazine rings is 1. The first-order valence-electron chi connectivity index (χ1n) is 10.5. The molecular weight excluding hydrogens is 471 g/mol.